The smallest absolute Gasteiger partial charge is 0.277 e. The van der Waals surface area contributed by atoms with Crippen LogP contribution in [0.5, 0.6) is 0 Å². The van der Waals surface area contributed by atoms with Gasteiger partial charge in [0.15, 0.2) is 5.78 Å². The fourth-order valence-electron chi connectivity index (χ4n) is 4.83. The summed E-state index contributed by atoms with van der Waals surface area (Å²) in [5.74, 6) is -1.32. The lowest BCUT2D eigenvalue weighted by molar-refractivity contribution is -0.139. The largest absolute Gasteiger partial charge is 0.392 e. The zero-order chi connectivity index (χ0) is 24.3. The number of carbonyl (C=O) groups excluding carboxylic acids is 2. The van der Waals surface area contributed by atoms with Gasteiger partial charge in [0.05, 0.1) is 18.3 Å². The summed E-state index contributed by atoms with van der Waals surface area (Å²) in [7, 11) is 0. The van der Waals surface area contributed by atoms with E-state index in [2.05, 4.69) is 11.9 Å². The Morgan fingerprint density at radius 2 is 1.85 bits per heavy atom. The molecule has 0 radical (unpaired) electrons. The number of amides is 1. The summed E-state index contributed by atoms with van der Waals surface area (Å²) in [6.07, 6.45) is 4.06. The predicted molar refractivity (Wildman–Crippen MR) is 135 cm³/mol. The number of unbranched alkanes of at least 4 members (excludes halogenated alkanes) is 1. The fourth-order valence-corrected chi connectivity index (χ4v) is 4.83. The number of hydrogen-bond acceptors (Lipinski definition) is 5. The topological polar surface area (TPSA) is 96.0 Å². The summed E-state index contributed by atoms with van der Waals surface area (Å²) >= 11 is 0. The van der Waals surface area contributed by atoms with E-state index in [1.165, 1.54) is 0 Å². The quantitative estimate of drug-likeness (QED) is 0.518. The molecule has 0 saturated heterocycles. The number of fused-ring (bicyclic) bond motifs is 1. The molecule has 34 heavy (non-hydrogen) atoms. The van der Waals surface area contributed by atoms with Crippen LogP contribution >= 0.6 is 0 Å². The molecule has 6 nitrogen and oxygen atoms in total. The van der Waals surface area contributed by atoms with E-state index in [0.717, 1.165) is 36.8 Å². The van der Waals surface area contributed by atoms with Crippen LogP contribution in [0.25, 0.3) is 0 Å². The van der Waals surface area contributed by atoms with Crippen molar-refractivity contribution < 1.29 is 14.7 Å². The van der Waals surface area contributed by atoms with Gasteiger partial charge in [-0.25, -0.2) is 4.99 Å². The van der Waals surface area contributed by atoms with Crippen molar-refractivity contribution in [2.75, 3.05) is 4.90 Å². The Morgan fingerprint density at radius 3 is 2.53 bits per heavy atom. The lowest BCUT2D eigenvalue weighted by Gasteiger charge is -2.33. The zero-order valence-electron chi connectivity index (χ0n) is 20.1. The van der Waals surface area contributed by atoms with Crippen molar-refractivity contribution in [3.05, 3.63) is 65.7 Å². The molecule has 1 saturated carbocycles. The molecule has 6 heteroatoms. The molecule has 1 aliphatic carbocycles. The summed E-state index contributed by atoms with van der Waals surface area (Å²) in [5, 5.41) is 11.0. The van der Waals surface area contributed by atoms with Crippen LogP contribution in [0.2, 0.25) is 0 Å². The number of nitrogens with zero attached hydrogens (tertiary/aromatic N) is 2. The first-order valence-electron chi connectivity index (χ1n) is 12.4. The lowest BCUT2D eigenvalue weighted by Crippen LogP contribution is -2.62. The normalized spacial score (nSPS) is 21.9. The van der Waals surface area contributed by atoms with Crippen molar-refractivity contribution in [3.63, 3.8) is 0 Å². The second-order valence-corrected chi connectivity index (χ2v) is 9.72. The first-order chi connectivity index (χ1) is 16.3. The van der Waals surface area contributed by atoms with Crippen LogP contribution in [0.1, 0.15) is 63.5 Å². The maximum Gasteiger partial charge on any atom is 0.277 e. The maximum absolute atomic E-state index is 14.1. The Hall–Kier alpha value is -2.83. The first kappa shape index (κ1) is 24.3. The van der Waals surface area contributed by atoms with Gasteiger partial charge in [-0.2, -0.15) is 0 Å². The Morgan fingerprint density at radius 1 is 1.18 bits per heavy atom. The van der Waals surface area contributed by atoms with Crippen molar-refractivity contribution in [2.45, 2.75) is 70.7 Å². The van der Waals surface area contributed by atoms with Gasteiger partial charge in [-0.1, -0.05) is 81.1 Å². The van der Waals surface area contributed by atoms with Gasteiger partial charge in [-0.05, 0) is 37.3 Å². The van der Waals surface area contributed by atoms with Crippen LogP contribution in [0.15, 0.2) is 59.6 Å². The van der Waals surface area contributed by atoms with E-state index in [0.29, 0.717) is 30.2 Å². The molecule has 0 spiro atoms. The molecule has 1 fully saturated rings. The highest BCUT2D eigenvalue weighted by atomic mass is 16.3. The Kier molecular flexibility index (Phi) is 7.29. The van der Waals surface area contributed by atoms with Crippen molar-refractivity contribution in [1.82, 2.24) is 0 Å². The van der Waals surface area contributed by atoms with E-state index in [1.54, 1.807) is 11.8 Å². The molecule has 3 atom stereocenters. The fraction of sp³-hybridized carbons (Fsp3) is 0.464. The third kappa shape index (κ3) is 4.98. The summed E-state index contributed by atoms with van der Waals surface area (Å²) < 4.78 is 0. The minimum atomic E-state index is -2.08. The second kappa shape index (κ2) is 10.2. The number of benzene rings is 2. The van der Waals surface area contributed by atoms with Gasteiger partial charge in [-0.3, -0.25) is 15.3 Å². The van der Waals surface area contributed by atoms with E-state index in [-0.39, 0.29) is 6.54 Å². The number of nitrogens with two attached hydrogens (primary N) is 1. The Bertz CT molecular complexity index is 1060. The number of rotatable bonds is 10. The van der Waals surface area contributed by atoms with E-state index < -0.39 is 29.4 Å². The third-order valence-electron chi connectivity index (χ3n) is 7.00. The molecule has 1 amide bonds. The first-order valence-corrected chi connectivity index (χ1v) is 12.4. The summed E-state index contributed by atoms with van der Waals surface area (Å²) in [6, 6.07) is 17.2. The number of aliphatic hydroxyl groups excluding tert-OH is 1. The molecule has 4 rings (SSSR count). The van der Waals surface area contributed by atoms with Crippen LogP contribution in [0, 0.1) is 11.8 Å². The Balaban J connectivity index is 1.75. The van der Waals surface area contributed by atoms with Crippen molar-refractivity contribution in [2.24, 2.45) is 22.6 Å². The van der Waals surface area contributed by atoms with Crippen molar-refractivity contribution in [1.29, 1.82) is 0 Å². The number of Topliss-reactive ketones (excluding diaryl/α,β-unsaturated/α-hetero) is 1. The molecular weight excluding hydrogens is 426 g/mol. The van der Waals surface area contributed by atoms with E-state index in [4.69, 9.17) is 5.73 Å². The summed E-state index contributed by atoms with van der Waals surface area (Å²) in [4.78, 5) is 34.2. The van der Waals surface area contributed by atoms with Crippen LogP contribution in [-0.4, -0.2) is 34.3 Å². The molecule has 2 aromatic carbocycles. The number of hydrogen-bond donors (Lipinski definition) is 2. The average Bonchev–Trinajstić information content (AvgIpc) is 3.68. The van der Waals surface area contributed by atoms with E-state index in [1.807, 2.05) is 54.6 Å². The monoisotopic (exact) mass is 461 g/mol. The number of ketones is 1. The molecule has 180 valence electrons. The third-order valence-corrected chi connectivity index (χ3v) is 7.00. The molecule has 1 unspecified atom stereocenters. The highest BCUT2D eigenvalue weighted by Crippen LogP contribution is 2.39. The minimum absolute atomic E-state index is 0.275. The minimum Gasteiger partial charge on any atom is -0.392 e. The van der Waals surface area contributed by atoms with Gasteiger partial charge in [0.1, 0.15) is 0 Å². The number of benzodiazepines with no additional fused rings is 1. The van der Waals surface area contributed by atoms with Gasteiger partial charge in [0.25, 0.3) is 5.91 Å². The predicted octanol–water partition coefficient (Wildman–Crippen LogP) is 4.23. The molecule has 0 bridgehead atoms. The number of para-hydroxylation sites is 1. The molecule has 1 aliphatic heterocycles. The van der Waals surface area contributed by atoms with Crippen LogP contribution < -0.4 is 10.6 Å². The van der Waals surface area contributed by atoms with Crippen molar-refractivity contribution in [3.8, 4) is 0 Å². The molecule has 2 aliphatic rings. The van der Waals surface area contributed by atoms with Gasteiger partial charge < -0.3 is 10.0 Å². The molecule has 0 aromatic heterocycles. The molecule has 3 N–H and O–H groups in total. The molecule has 2 aromatic rings. The SMILES string of the molecule is CCCC[C@H](O)[C@@H](CC1CC1)C(=O)C1(N)N=C(C)c2ccccc2N(Cc2ccccc2)C1=O. The number of carbonyl (C=O) groups is 2. The van der Waals surface area contributed by atoms with Crippen LogP contribution in [0.4, 0.5) is 5.69 Å². The zero-order valence-corrected chi connectivity index (χ0v) is 20.1. The highest BCUT2D eigenvalue weighted by molar-refractivity contribution is 6.22. The van der Waals surface area contributed by atoms with E-state index in [9.17, 15) is 14.7 Å². The van der Waals surface area contributed by atoms with Gasteiger partial charge in [0, 0.05) is 17.2 Å². The standard InChI is InChI=1S/C28H35N3O3/c1-3-4-14-25(32)23(17-20-15-16-20)26(33)28(29)27(34)31(18-21-10-6-5-7-11-21)24-13-9-8-12-22(24)19(2)30-28/h5-13,20,23,25,32H,3-4,14-18,29H2,1-2H3/t23-,25+,28?/m1/s1. The number of aliphatic imine (C=N–C) groups is 1. The lowest BCUT2D eigenvalue weighted by atomic mass is 9.82. The van der Waals surface area contributed by atoms with E-state index >= 15 is 0 Å². The van der Waals surface area contributed by atoms with Crippen molar-refractivity contribution >= 4 is 23.1 Å². The number of anilines is 1. The van der Waals surface area contributed by atoms with Crippen LogP contribution in [-0.2, 0) is 16.1 Å². The molecule has 1 heterocycles. The van der Waals surface area contributed by atoms with Gasteiger partial charge >= 0.3 is 0 Å². The van der Waals surface area contributed by atoms with Gasteiger partial charge in [0.2, 0.25) is 5.66 Å². The average molecular weight is 462 g/mol. The maximum atomic E-state index is 14.1. The highest BCUT2D eigenvalue weighted by Gasteiger charge is 2.51. The Labute approximate surface area is 201 Å². The summed E-state index contributed by atoms with van der Waals surface area (Å²) in [5.41, 5.74) is 7.54. The van der Waals surface area contributed by atoms with Gasteiger partial charge in [-0.15, -0.1) is 0 Å². The second-order valence-electron chi connectivity index (χ2n) is 9.72. The summed E-state index contributed by atoms with van der Waals surface area (Å²) in [6.45, 7) is 4.11. The molecular formula is C28H35N3O3. The van der Waals surface area contributed by atoms with Crippen LogP contribution in [0.3, 0.4) is 0 Å². The number of aliphatic hydroxyl groups is 1.